The van der Waals surface area contributed by atoms with E-state index in [2.05, 4.69) is 16.0 Å². The zero-order valence-electron chi connectivity index (χ0n) is 24.3. The van der Waals surface area contributed by atoms with Gasteiger partial charge < -0.3 is 31.5 Å². The van der Waals surface area contributed by atoms with Gasteiger partial charge in [-0.2, -0.15) is 0 Å². The van der Waals surface area contributed by atoms with Gasteiger partial charge >= 0.3 is 5.69 Å². The summed E-state index contributed by atoms with van der Waals surface area (Å²) in [6, 6.07) is 17.7. The van der Waals surface area contributed by atoms with Crippen LogP contribution in [0.1, 0.15) is 35.2 Å². The SMILES string of the molecule is C[C@H](NC(=O)[C@@H]1O[C@H]1C(=O)N[C@H](Cc1ccc(O)c([N+](=O)[O-])c1)C(=O)N[C@@H](C(N)=O)C1Cc2ccccc2C1)c1ccccc1. The van der Waals surface area contributed by atoms with E-state index in [1.807, 2.05) is 54.6 Å². The van der Waals surface area contributed by atoms with Crippen molar-refractivity contribution in [3.05, 3.63) is 105 Å². The van der Waals surface area contributed by atoms with Crippen molar-refractivity contribution in [1.29, 1.82) is 0 Å². The summed E-state index contributed by atoms with van der Waals surface area (Å²) in [7, 11) is 0. The van der Waals surface area contributed by atoms with E-state index in [0.717, 1.165) is 28.8 Å². The highest BCUT2D eigenvalue weighted by Gasteiger charge is 2.51. The zero-order valence-corrected chi connectivity index (χ0v) is 24.3. The number of nitro benzene ring substituents is 1. The fourth-order valence-electron chi connectivity index (χ4n) is 5.68. The summed E-state index contributed by atoms with van der Waals surface area (Å²) in [6.07, 6.45) is -1.46. The molecule has 5 atom stereocenters. The van der Waals surface area contributed by atoms with Gasteiger partial charge in [0.2, 0.25) is 11.8 Å². The number of rotatable bonds is 12. The number of aromatic hydroxyl groups is 1. The number of phenolic OH excluding ortho intramolecular Hbond substituents is 1. The average molecular weight is 616 g/mol. The van der Waals surface area contributed by atoms with Gasteiger partial charge in [-0.05, 0) is 54.0 Å². The molecule has 2 aliphatic rings. The number of nitrogens with two attached hydrogens (primary N) is 1. The van der Waals surface area contributed by atoms with Crippen LogP contribution in [0.3, 0.4) is 0 Å². The standard InChI is InChI=1S/C32H33N5O8/c1-17(19-7-3-2-4-8-19)34-31(41)27-28(45-27)32(42)35-23(13-18-11-12-25(38)24(14-18)37(43)44)30(40)36-26(29(33)39)22-15-20-9-5-6-10-21(20)16-22/h2-12,14,17,22-23,26-28,38H,13,15-16H2,1H3,(H2,33,39)(H,34,41)(H,35,42)(H,36,40)/t17-,23+,26+,27+,28+/m0/s1. The van der Waals surface area contributed by atoms with E-state index in [9.17, 15) is 34.4 Å². The van der Waals surface area contributed by atoms with Crippen molar-refractivity contribution in [3.63, 3.8) is 0 Å². The van der Waals surface area contributed by atoms with Crippen molar-refractivity contribution in [3.8, 4) is 5.75 Å². The van der Waals surface area contributed by atoms with Crippen LogP contribution in [-0.4, -0.2) is 58.0 Å². The quantitative estimate of drug-likeness (QED) is 0.114. The first kappa shape index (κ1) is 31.1. The average Bonchev–Trinajstić information content (AvgIpc) is 3.72. The van der Waals surface area contributed by atoms with E-state index in [4.69, 9.17) is 10.5 Å². The van der Waals surface area contributed by atoms with Gasteiger partial charge in [-0.1, -0.05) is 60.7 Å². The third-order valence-electron chi connectivity index (χ3n) is 8.13. The predicted molar refractivity (Wildman–Crippen MR) is 161 cm³/mol. The molecule has 1 aliphatic heterocycles. The molecular weight excluding hydrogens is 582 g/mol. The van der Waals surface area contributed by atoms with Crippen LogP contribution in [0.25, 0.3) is 0 Å². The molecule has 1 heterocycles. The van der Waals surface area contributed by atoms with Crippen LogP contribution < -0.4 is 21.7 Å². The van der Waals surface area contributed by atoms with E-state index in [-0.39, 0.29) is 23.9 Å². The second kappa shape index (κ2) is 13.1. The Labute approximate surface area is 258 Å². The summed E-state index contributed by atoms with van der Waals surface area (Å²) in [6.45, 7) is 1.79. The van der Waals surface area contributed by atoms with Gasteiger partial charge in [0.1, 0.15) is 12.1 Å². The van der Waals surface area contributed by atoms with Crippen molar-refractivity contribution in [2.24, 2.45) is 11.7 Å². The highest BCUT2D eigenvalue weighted by Crippen LogP contribution is 2.30. The summed E-state index contributed by atoms with van der Waals surface area (Å²) in [5.41, 5.74) is 8.33. The second-order valence-electron chi connectivity index (χ2n) is 11.3. The van der Waals surface area contributed by atoms with Gasteiger partial charge in [-0.15, -0.1) is 0 Å². The monoisotopic (exact) mass is 615 g/mol. The number of nitrogens with zero attached hydrogens (tertiary/aromatic N) is 1. The Morgan fingerprint density at radius 3 is 2.13 bits per heavy atom. The Morgan fingerprint density at radius 2 is 1.53 bits per heavy atom. The molecule has 13 heteroatoms. The molecule has 0 spiro atoms. The molecule has 13 nitrogen and oxygen atoms in total. The maximum Gasteiger partial charge on any atom is 0.310 e. The topological polar surface area (TPSA) is 206 Å². The van der Waals surface area contributed by atoms with Crippen molar-refractivity contribution in [2.45, 2.75) is 56.5 Å². The molecule has 0 saturated carbocycles. The highest BCUT2D eigenvalue weighted by molar-refractivity contribution is 5.98. The molecule has 4 amide bonds. The lowest BCUT2D eigenvalue weighted by Gasteiger charge is -2.25. The number of hydrogen-bond acceptors (Lipinski definition) is 8. The predicted octanol–water partition coefficient (Wildman–Crippen LogP) is 1.36. The number of fused-ring (bicyclic) bond motifs is 1. The molecule has 3 aromatic carbocycles. The van der Waals surface area contributed by atoms with E-state index >= 15 is 0 Å². The summed E-state index contributed by atoms with van der Waals surface area (Å²) in [5.74, 6) is -3.63. The molecule has 5 rings (SSSR count). The van der Waals surface area contributed by atoms with Gasteiger partial charge in [-0.3, -0.25) is 29.3 Å². The Hall–Kier alpha value is -5.30. The summed E-state index contributed by atoms with van der Waals surface area (Å²) < 4.78 is 5.36. The smallest absolute Gasteiger partial charge is 0.310 e. The van der Waals surface area contributed by atoms with Crippen LogP contribution in [0.2, 0.25) is 0 Å². The number of ether oxygens (including phenoxy) is 1. The number of hydrogen-bond donors (Lipinski definition) is 5. The molecule has 6 N–H and O–H groups in total. The van der Waals surface area contributed by atoms with Crippen molar-refractivity contribution in [1.82, 2.24) is 16.0 Å². The summed E-state index contributed by atoms with van der Waals surface area (Å²) in [4.78, 5) is 62.7. The minimum absolute atomic E-state index is 0.232. The lowest BCUT2D eigenvalue weighted by atomic mass is 9.95. The van der Waals surface area contributed by atoms with Gasteiger partial charge in [0.05, 0.1) is 11.0 Å². The minimum atomic E-state index is -1.33. The van der Waals surface area contributed by atoms with Crippen LogP contribution >= 0.6 is 0 Å². The number of phenols is 1. The third kappa shape index (κ3) is 7.27. The molecule has 3 aromatic rings. The lowest BCUT2D eigenvalue weighted by Crippen LogP contribution is -2.56. The number of carbonyl (C=O) groups excluding carboxylic acids is 4. The first-order valence-electron chi connectivity index (χ1n) is 14.5. The Balaban J connectivity index is 1.30. The van der Waals surface area contributed by atoms with Crippen LogP contribution in [-0.2, 0) is 43.2 Å². The van der Waals surface area contributed by atoms with E-state index < -0.39 is 64.3 Å². The van der Waals surface area contributed by atoms with Crippen LogP contribution in [0.15, 0.2) is 72.8 Å². The number of primary amides is 1. The Kier molecular flexibility index (Phi) is 9.09. The molecule has 0 unspecified atom stereocenters. The normalized spacial score (nSPS) is 19.0. The van der Waals surface area contributed by atoms with Gasteiger partial charge in [0.25, 0.3) is 11.8 Å². The first-order valence-corrected chi connectivity index (χ1v) is 14.5. The largest absolute Gasteiger partial charge is 0.502 e. The first-order chi connectivity index (χ1) is 21.5. The summed E-state index contributed by atoms with van der Waals surface area (Å²) in [5, 5.41) is 29.3. The molecular formula is C32H33N5O8. The van der Waals surface area contributed by atoms with Crippen molar-refractivity contribution >= 4 is 29.3 Å². The lowest BCUT2D eigenvalue weighted by molar-refractivity contribution is -0.385. The Bertz CT molecular complexity index is 1610. The second-order valence-corrected chi connectivity index (χ2v) is 11.3. The number of nitrogens with one attached hydrogen (secondary N) is 3. The van der Waals surface area contributed by atoms with Crippen LogP contribution in [0.5, 0.6) is 5.75 Å². The number of carbonyl (C=O) groups is 4. The molecule has 0 bridgehead atoms. The fourth-order valence-corrected chi connectivity index (χ4v) is 5.68. The Morgan fingerprint density at radius 1 is 0.933 bits per heavy atom. The third-order valence-corrected chi connectivity index (χ3v) is 8.13. The highest BCUT2D eigenvalue weighted by atomic mass is 16.6. The molecule has 1 fully saturated rings. The van der Waals surface area contributed by atoms with Gasteiger partial charge in [0, 0.05) is 12.5 Å². The molecule has 1 aliphatic carbocycles. The molecule has 45 heavy (non-hydrogen) atoms. The zero-order chi connectivity index (χ0) is 32.2. The number of epoxide rings is 1. The van der Waals surface area contributed by atoms with E-state index in [1.54, 1.807) is 6.92 Å². The maximum absolute atomic E-state index is 13.6. The maximum atomic E-state index is 13.6. The van der Waals surface area contributed by atoms with E-state index in [0.29, 0.717) is 12.8 Å². The molecule has 0 aromatic heterocycles. The van der Waals surface area contributed by atoms with Crippen LogP contribution in [0.4, 0.5) is 5.69 Å². The van der Waals surface area contributed by atoms with Crippen LogP contribution in [0, 0.1) is 16.0 Å². The fraction of sp³-hybridized carbons (Fsp3) is 0.312. The molecule has 234 valence electrons. The van der Waals surface area contributed by atoms with Crippen molar-refractivity contribution < 1.29 is 33.9 Å². The van der Waals surface area contributed by atoms with Gasteiger partial charge in [-0.25, -0.2) is 0 Å². The molecule has 0 radical (unpaired) electrons. The number of amides is 4. The number of nitro groups is 1. The summed E-state index contributed by atoms with van der Waals surface area (Å²) >= 11 is 0. The van der Waals surface area contributed by atoms with E-state index in [1.165, 1.54) is 6.07 Å². The van der Waals surface area contributed by atoms with Crippen molar-refractivity contribution in [2.75, 3.05) is 0 Å². The number of benzene rings is 3. The van der Waals surface area contributed by atoms with Gasteiger partial charge in [0.15, 0.2) is 18.0 Å². The minimum Gasteiger partial charge on any atom is -0.502 e. The molecule has 1 saturated heterocycles.